The summed E-state index contributed by atoms with van der Waals surface area (Å²) in [5.74, 6) is 1.58. The quantitative estimate of drug-likeness (QED) is 0.570. The van der Waals surface area contributed by atoms with Crippen LogP contribution in [-0.2, 0) is 21.2 Å². The number of carbonyl (C=O) groups excluding carboxylic acids is 1. The van der Waals surface area contributed by atoms with Crippen LogP contribution in [0, 0.1) is 5.92 Å². The molecular weight excluding hydrogens is 424 g/mol. The van der Waals surface area contributed by atoms with Gasteiger partial charge in [-0.3, -0.25) is 9.52 Å². The fourth-order valence-electron chi connectivity index (χ4n) is 3.88. The van der Waals surface area contributed by atoms with E-state index in [1.54, 1.807) is 36.4 Å². The topological polar surface area (TPSA) is 75.7 Å². The number of sulfonamides is 1. The molecule has 0 saturated carbocycles. The van der Waals surface area contributed by atoms with E-state index in [0.717, 1.165) is 56.3 Å². The number of rotatable bonds is 9. The van der Waals surface area contributed by atoms with E-state index in [1.807, 2.05) is 24.0 Å². The molecule has 2 aromatic carbocycles. The molecule has 3 rings (SSSR count). The lowest BCUT2D eigenvalue weighted by molar-refractivity contribution is -0.127. The number of nitrogens with zero attached hydrogens (tertiary/aromatic N) is 1. The van der Waals surface area contributed by atoms with Crippen molar-refractivity contribution in [3.63, 3.8) is 0 Å². The van der Waals surface area contributed by atoms with E-state index in [2.05, 4.69) is 16.9 Å². The van der Waals surface area contributed by atoms with Crippen LogP contribution in [0.25, 0.3) is 6.08 Å². The van der Waals surface area contributed by atoms with E-state index in [-0.39, 0.29) is 5.91 Å². The van der Waals surface area contributed by atoms with Gasteiger partial charge in [-0.25, -0.2) is 8.42 Å². The van der Waals surface area contributed by atoms with Crippen molar-refractivity contribution < 1.29 is 17.9 Å². The molecule has 172 valence electrons. The molecular formula is C25H32N2O4S. The molecule has 6 nitrogen and oxygen atoms in total. The maximum Gasteiger partial charge on any atom is 0.246 e. The molecule has 1 fully saturated rings. The van der Waals surface area contributed by atoms with Gasteiger partial charge in [-0.15, -0.1) is 0 Å². The number of carbonyl (C=O) groups is 1. The van der Waals surface area contributed by atoms with Crippen molar-refractivity contribution in [2.24, 2.45) is 5.92 Å². The summed E-state index contributed by atoms with van der Waals surface area (Å²) in [5, 5.41) is 0. The van der Waals surface area contributed by atoms with Gasteiger partial charge in [0.2, 0.25) is 15.9 Å². The van der Waals surface area contributed by atoms with E-state index in [0.29, 0.717) is 18.2 Å². The second-order valence-electron chi connectivity index (χ2n) is 8.21. The van der Waals surface area contributed by atoms with E-state index in [9.17, 15) is 13.2 Å². The highest BCUT2D eigenvalue weighted by Gasteiger charge is 2.21. The molecule has 0 aliphatic carbocycles. The van der Waals surface area contributed by atoms with Crippen LogP contribution in [0.5, 0.6) is 5.75 Å². The van der Waals surface area contributed by atoms with Crippen molar-refractivity contribution in [3.05, 3.63) is 65.7 Å². The first-order chi connectivity index (χ1) is 15.3. The van der Waals surface area contributed by atoms with Gasteiger partial charge in [0.25, 0.3) is 0 Å². The van der Waals surface area contributed by atoms with Gasteiger partial charge in [-0.05, 0) is 80.0 Å². The molecule has 1 heterocycles. The normalized spacial score (nSPS) is 15.1. The number of hydrogen-bond acceptors (Lipinski definition) is 4. The fourth-order valence-corrected chi connectivity index (χ4v) is 4.45. The molecule has 7 heteroatoms. The highest BCUT2D eigenvalue weighted by Crippen LogP contribution is 2.23. The van der Waals surface area contributed by atoms with E-state index in [4.69, 9.17) is 4.74 Å². The van der Waals surface area contributed by atoms with Gasteiger partial charge in [-0.1, -0.05) is 24.3 Å². The summed E-state index contributed by atoms with van der Waals surface area (Å²) < 4.78 is 30.4. The van der Waals surface area contributed by atoms with Crippen molar-refractivity contribution >= 4 is 27.7 Å². The Balaban J connectivity index is 1.42. The van der Waals surface area contributed by atoms with E-state index < -0.39 is 10.0 Å². The zero-order valence-electron chi connectivity index (χ0n) is 18.8. The number of aryl methyl sites for hydroxylation is 1. The Kier molecular flexibility index (Phi) is 8.33. The van der Waals surface area contributed by atoms with Gasteiger partial charge >= 0.3 is 0 Å². The maximum absolute atomic E-state index is 12.5. The largest absolute Gasteiger partial charge is 0.494 e. The molecule has 1 aliphatic rings. The zero-order chi connectivity index (χ0) is 23.0. The van der Waals surface area contributed by atoms with Gasteiger partial charge < -0.3 is 9.64 Å². The van der Waals surface area contributed by atoms with Crippen LogP contribution in [0.15, 0.2) is 54.6 Å². The smallest absolute Gasteiger partial charge is 0.246 e. The first kappa shape index (κ1) is 23.9. The molecule has 0 unspecified atom stereocenters. The first-order valence-corrected chi connectivity index (χ1v) is 13.0. The Bertz CT molecular complexity index is 1010. The SMILES string of the molecule is CCOc1ccc(CCC2CCN(C(=O)/C=C/c3ccc(NS(C)(=O)=O)cc3)CC2)cc1. The monoisotopic (exact) mass is 456 g/mol. The minimum Gasteiger partial charge on any atom is -0.494 e. The second-order valence-corrected chi connectivity index (χ2v) is 9.96. The molecule has 1 amide bonds. The maximum atomic E-state index is 12.5. The van der Waals surface area contributed by atoms with Gasteiger partial charge in [0.15, 0.2) is 0 Å². The standard InChI is InChI=1S/C25H32N2O4S/c1-3-31-24-13-8-20(9-14-24)4-5-22-16-18-27(19-17-22)25(28)15-10-21-6-11-23(12-7-21)26-32(2,29)30/h6-15,22,26H,3-5,16-19H2,1-2H3/b15-10+. The van der Waals surface area contributed by atoms with Crippen molar-refractivity contribution in [3.8, 4) is 5.75 Å². The third-order valence-electron chi connectivity index (χ3n) is 5.63. The summed E-state index contributed by atoms with van der Waals surface area (Å²) in [7, 11) is -3.29. The minimum atomic E-state index is -3.29. The number of amides is 1. The van der Waals surface area contributed by atoms with Crippen LogP contribution in [0.4, 0.5) is 5.69 Å². The molecule has 1 saturated heterocycles. The predicted molar refractivity (Wildman–Crippen MR) is 129 cm³/mol. The molecule has 1 N–H and O–H groups in total. The Morgan fingerprint density at radius 3 is 2.34 bits per heavy atom. The molecule has 2 aromatic rings. The lowest BCUT2D eigenvalue weighted by atomic mass is 9.90. The molecule has 0 spiro atoms. The van der Waals surface area contributed by atoms with E-state index in [1.165, 1.54) is 5.56 Å². The molecule has 0 atom stereocenters. The molecule has 32 heavy (non-hydrogen) atoms. The van der Waals surface area contributed by atoms with Crippen LogP contribution in [0.2, 0.25) is 0 Å². The van der Waals surface area contributed by atoms with Crippen molar-refractivity contribution in [2.45, 2.75) is 32.6 Å². The number of nitrogens with one attached hydrogen (secondary N) is 1. The fraction of sp³-hybridized carbons (Fsp3) is 0.400. The summed E-state index contributed by atoms with van der Waals surface area (Å²) in [4.78, 5) is 14.4. The Morgan fingerprint density at radius 2 is 1.75 bits per heavy atom. The minimum absolute atomic E-state index is 0.0216. The number of hydrogen-bond donors (Lipinski definition) is 1. The van der Waals surface area contributed by atoms with Crippen LogP contribution < -0.4 is 9.46 Å². The van der Waals surface area contributed by atoms with Crippen LogP contribution in [0.1, 0.15) is 37.3 Å². The lowest BCUT2D eigenvalue weighted by Crippen LogP contribution is -2.37. The molecule has 0 bridgehead atoms. The van der Waals surface area contributed by atoms with E-state index >= 15 is 0 Å². The Morgan fingerprint density at radius 1 is 1.09 bits per heavy atom. The molecule has 0 aromatic heterocycles. The average molecular weight is 457 g/mol. The van der Waals surface area contributed by atoms with Gasteiger partial charge in [0.05, 0.1) is 12.9 Å². The summed E-state index contributed by atoms with van der Waals surface area (Å²) in [6.07, 6.45) is 8.73. The van der Waals surface area contributed by atoms with Gasteiger partial charge in [0.1, 0.15) is 5.75 Å². The highest BCUT2D eigenvalue weighted by atomic mass is 32.2. The number of likely N-dealkylation sites (tertiary alicyclic amines) is 1. The molecule has 1 aliphatic heterocycles. The average Bonchev–Trinajstić information content (AvgIpc) is 2.77. The highest BCUT2D eigenvalue weighted by molar-refractivity contribution is 7.92. The van der Waals surface area contributed by atoms with Crippen LogP contribution >= 0.6 is 0 Å². The third kappa shape index (κ3) is 7.71. The number of ether oxygens (including phenoxy) is 1. The van der Waals surface area contributed by atoms with Crippen LogP contribution in [0.3, 0.4) is 0 Å². The number of benzene rings is 2. The number of anilines is 1. The molecule has 0 radical (unpaired) electrons. The van der Waals surface area contributed by atoms with Gasteiger partial charge in [-0.2, -0.15) is 0 Å². The predicted octanol–water partition coefficient (Wildman–Crippen LogP) is 4.34. The lowest BCUT2D eigenvalue weighted by Gasteiger charge is -2.31. The van der Waals surface area contributed by atoms with Crippen molar-refractivity contribution in [1.82, 2.24) is 4.90 Å². The second kappa shape index (κ2) is 11.2. The third-order valence-corrected chi connectivity index (χ3v) is 6.24. The van der Waals surface area contributed by atoms with Crippen molar-refractivity contribution in [1.29, 1.82) is 0 Å². The van der Waals surface area contributed by atoms with Crippen LogP contribution in [-0.4, -0.2) is 45.2 Å². The van der Waals surface area contributed by atoms with Gasteiger partial charge in [0, 0.05) is 24.9 Å². The Hall–Kier alpha value is -2.80. The van der Waals surface area contributed by atoms with Crippen molar-refractivity contribution in [2.75, 3.05) is 30.7 Å². The summed E-state index contributed by atoms with van der Waals surface area (Å²) >= 11 is 0. The zero-order valence-corrected chi connectivity index (χ0v) is 19.6. The Labute approximate surface area is 191 Å². The number of piperidine rings is 1. The summed E-state index contributed by atoms with van der Waals surface area (Å²) in [6.45, 7) is 4.24. The summed E-state index contributed by atoms with van der Waals surface area (Å²) in [6, 6.07) is 15.3. The summed E-state index contributed by atoms with van der Waals surface area (Å²) in [5.41, 5.74) is 2.68. The first-order valence-electron chi connectivity index (χ1n) is 11.1.